The van der Waals surface area contributed by atoms with E-state index in [9.17, 15) is 13.2 Å². The molecule has 1 saturated heterocycles. The summed E-state index contributed by atoms with van der Waals surface area (Å²) in [6, 6.07) is 2.73. The minimum atomic E-state index is -3.91. The van der Waals surface area contributed by atoms with Gasteiger partial charge in [-0.2, -0.15) is 4.31 Å². The monoisotopic (exact) mass is 367 g/mol. The van der Waals surface area contributed by atoms with E-state index in [1.165, 1.54) is 19.2 Å². The number of rotatable bonds is 4. The lowest BCUT2D eigenvalue weighted by Crippen LogP contribution is -2.42. The largest absolute Gasteiger partial charge is 0.495 e. The molecular weight excluding hydrogens is 353 g/mol. The lowest BCUT2D eigenvalue weighted by molar-refractivity contribution is -0.142. The van der Waals surface area contributed by atoms with E-state index in [0.717, 1.165) is 4.31 Å². The third kappa shape index (κ3) is 3.17. The molecule has 1 atom stereocenters. The summed E-state index contributed by atoms with van der Waals surface area (Å²) in [5, 5.41) is 8.96. The summed E-state index contributed by atoms with van der Waals surface area (Å²) in [6.07, 6.45) is 0.941. The molecule has 1 aliphatic rings. The van der Waals surface area contributed by atoms with Crippen LogP contribution in [0.15, 0.2) is 17.0 Å². The number of methoxy groups -OCH3 is 1. The van der Waals surface area contributed by atoms with E-state index >= 15 is 0 Å². The maximum atomic E-state index is 12.7. The summed E-state index contributed by atoms with van der Waals surface area (Å²) in [5.41, 5.74) is 0. The molecule has 1 aromatic rings. The van der Waals surface area contributed by atoms with Crippen LogP contribution >= 0.6 is 23.2 Å². The average molecular weight is 368 g/mol. The number of hydrogen-bond acceptors (Lipinski definition) is 4. The van der Waals surface area contributed by atoms with E-state index < -0.39 is 21.9 Å². The fourth-order valence-electron chi connectivity index (χ4n) is 2.37. The maximum absolute atomic E-state index is 12.7. The Morgan fingerprint density at radius 3 is 2.64 bits per heavy atom. The van der Waals surface area contributed by atoms with Crippen LogP contribution in [-0.4, -0.2) is 44.0 Å². The molecule has 0 aromatic heterocycles. The Kier molecular flexibility index (Phi) is 5.21. The number of sulfonamides is 1. The lowest BCUT2D eigenvalue weighted by Gasteiger charge is -2.30. The van der Waals surface area contributed by atoms with Crippen molar-refractivity contribution in [3.8, 4) is 5.75 Å². The van der Waals surface area contributed by atoms with Gasteiger partial charge in [0, 0.05) is 13.1 Å². The van der Waals surface area contributed by atoms with E-state index in [-0.39, 0.29) is 33.8 Å². The summed E-state index contributed by atoms with van der Waals surface area (Å²) in [6.45, 7) is 0.184. The van der Waals surface area contributed by atoms with Gasteiger partial charge in [-0.25, -0.2) is 8.42 Å². The number of aliphatic carboxylic acids is 1. The highest BCUT2D eigenvalue weighted by molar-refractivity contribution is 7.89. The molecule has 0 spiro atoms. The number of carboxylic acid groups (broad SMARTS) is 1. The maximum Gasteiger partial charge on any atom is 0.307 e. The van der Waals surface area contributed by atoms with Gasteiger partial charge in [0.2, 0.25) is 10.0 Å². The smallest absolute Gasteiger partial charge is 0.307 e. The van der Waals surface area contributed by atoms with Crippen molar-refractivity contribution in [3.63, 3.8) is 0 Å². The van der Waals surface area contributed by atoms with Gasteiger partial charge in [-0.1, -0.05) is 23.2 Å². The Morgan fingerprint density at radius 2 is 2.05 bits per heavy atom. The van der Waals surface area contributed by atoms with E-state index in [2.05, 4.69) is 0 Å². The SMILES string of the molecule is COc1ccc(S(=O)(=O)N2CCCC(C(=O)O)C2)c(Cl)c1Cl. The van der Waals surface area contributed by atoms with E-state index in [1.807, 2.05) is 0 Å². The third-order valence-electron chi connectivity index (χ3n) is 3.58. The minimum Gasteiger partial charge on any atom is -0.495 e. The molecule has 9 heteroatoms. The first-order chi connectivity index (χ1) is 10.3. The second-order valence-corrected chi connectivity index (χ2v) is 7.60. The molecule has 22 heavy (non-hydrogen) atoms. The molecule has 1 fully saturated rings. The zero-order valence-corrected chi connectivity index (χ0v) is 14.1. The molecule has 0 aliphatic carbocycles. The van der Waals surface area contributed by atoms with Crippen LogP contribution in [0, 0.1) is 5.92 Å². The molecule has 1 aliphatic heterocycles. The molecule has 1 N–H and O–H groups in total. The van der Waals surface area contributed by atoms with Crippen molar-refractivity contribution in [2.45, 2.75) is 17.7 Å². The lowest BCUT2D eigenvalue weighted by atomic mass is 10.0. The Balaban J connectivity index is 2.38. The highest BCUT2D eigenvalue weighted by Crippen LogP contribution is 2.38. The summed E-state index contributed by atoms with van der Waals surface area (Å²) < 4.78 is 31.5. The summed E-state index contributed by atoms with van der Waals surface area (Å²) >= 11 is 12.0. The summed E-state index contributed by atoms with van der Waals surface area (Å²) in [7, 11) is -2.51. The Labute approximate surface area is 138 Å². The highest BCUT2D eigenvalue weighted by atomic mass is 35.5. The molecule has 0 radical (unpaired) electrons. The van der Waals surface area contributed by atoms with Crippen LogP contribution in [-0.2, 0) is 14.8 Å². The van der Waals surface area contributed by atoms with Crippen molar-refractivity contribution >= 4 is 39.2 Å². The van der Waals surface area contributed by atoms with Crippen LogP contribution in [0.25, 0.3) is 0 Å². The summed E-state index contributed by atoms with van der Waals surface area (Å²) in [4.78, 5) is 10.9. The molecule has 1 heterocycles. The van der Waals surface area contributed by atoms with Crippen LogP contribution in [0.1, 0.15) is 12.8 Å². The molecule has 0 bridgehead atoms. The molecule has 0 saturated carbocycles. The average Bonchev–Trinajstić information content (AvgIpc) is 2.49. The van der Waals surface area contributed by atoms with Crippen LogP contribution in [0.3, 0.4) is 0 Å². The Morgan fingerprint density at radius 1 is 1.36 bits per heavy atom. The van der Waals surface area contributed by atoms with E-state index in [1.54, 1.807) is 0 Å². The van der Waals surface area contributed by atoms with E-state index in [0.29, 0.717) is 12.8 Å². The number of benzene rings is 1. The molecule has 0 amide bonds. The number of carbonyl (C=O) groups is 1. The first-order valence-electron chi connectivity index (χ1n) is 6.54. The second-order valence-electron chi connectivity index (χ2n) is 4.93. The van der Waals surface area contributed by atoms with Crippen molar-refractivity contribution in [1.29, 1.82) is 0 Å². The Bertz CT molecular complexity index is 692. The zero-order valence-electron chi connectivity index (χ0n) is 11.8. The molecule has 2 rings (SSSR count). The van der Waals surface area contributed by atoms with Gasteiger partial charge in [0.05, 0.1) is 18.1 Å². The minimum absolute atomic E-state index is 0.0111. The van der Waals surface area contributed by atoms with Crippen LogP contribution in [0.2, 0.25) is 10.0 Å². The first-order valence-corrected chi connectivity index (χ1v) is 8.73. The molecule has 6 nitrogen and oxygen atoms in total. The van der Waals surface area contributed by atoms with Crippen molar-refractivity contribution < 1.29 is 23.1 Å². The summed E-state index contributed by atoms with van der Waals surface area (Å²) in [5.74, 6) is -1.44. The fourth-order valence-corrected chi connectivity index (χ4v) is 4.71. The van der Waals surface area contributed by atoms with Crippen molar-refractivity contribution in [3.05, 3.63) is 22.2 Å². The van der Waals surface area contributed by atoms with Crippen molar-refractivity contribution in [2.24, 2.45) is 5.92 Å². The van der Waals surface area contributed by atoms with Gasteiger partial charge < -0.3 is 9.84 Å². The van der Waals surface area contributed by atoms with Crippen LogP contribution in [0.5, 0.6) is 5.75 Å². The number of hydrogen-bond donors (Lipinski definition) is 1. The van der Waals surface area contributed by atoms with Crippen LogP contribution in [0.4, 0.5) is 0 Å². The van der Waals surface area contributed by atoms with Gasteiger partial charge in [-0.15, -0.1) is 0 Å². The second kappa shape index (κ2) is 6.62. The van der Waals surface area contributed by atoms with Gasteiger partial charge in [-0.3, -0.25) is 4.79 Å². The van der Waals surface area contributed by atoms with Crippen molar-refractivity contribution in [2.75, 3.05) is 20.2 Å². The number of carboxylic acids is 1. The first kappa shape index (κ1) is 17.3. The Hall–Kier alpha value is -1.02. The van der Waals surface area contributed by atoms with Gasteiger partial charge in [0.15, 0.2) is 0 Å². The quantitative estimate of drug-likeness (QED) is 0.883. The fraction of sp³-hybridized carbons (Fsp3) is 0.462. The van der Waals surface area contributed by atoms with Gasteiger partial charge in [0.1, 0.15) is 15.7 Å². The highest BCUT2D eigenvalue weighted by Gasteiger charge is 2.35. The molecule has 122 valence electrons. The predicted molar refractivity (Wildman–Crippen MR) is 82.1 cm³/mol. The number of halogens is 2. The number of piperidine rings is 1. The van der Waals surface area contributed by atoms with Crippen LogP contribution < -0.4 is 4.74 Å². The normalized spacial score (nSPS) is 19.9. The van der Waals surface area contributed by atoms with E-state index in [4.69, 9.17) is 33.0 Å². The third-order valence-corrected chi connectivity index (χ3v) is 6.47. The molecule has 1 aromatic carbocycles. The van der Waals surface area contributed by atoms with Gasteiger partial charge in [-0.05, 0) is 25.0 Å². The zero-order chi connectivity index (χ0) is 16.5. The molecule has 1 unspecified atom stereocenters. The number of nitrogens with zero attached hydrogens (tertiary/aromatic N) is 1. The number of ether oxygens (including phenoxy) is 1. The van der Waals surface area contributed by atoms with Crippen molar-refractivity contribution in [1.82, 2.24) is 4.31 Å². The standard InChI is InChI=1S/C13H15Cl2NO5S/c1-21-9-4-5-10(12(15)11(9)14)22(19,20)16-6-2-3-8(7-16)13(17)18/h4-5,8H,2-3,6-7H2,1H3,(H,17,18). The topological polar surface area (TPSA) is 83.9 Å². The van der Waals surface area contributed by atoms with Gasteiger partial charge in [0.25, 0.3) is 0 Å². The van der Waals surface area contributed by atoms with Gasteiger partial charge >= 0.3 is 5.97 Å². The predicted octanol–water partition coefficient (Wildman–Crippen LogP) is 2.49. The molecular formula is C13H15Cl2NO5S.